The van der Waals surface area contributed by atoms with Crippen molar-refractivity contribution in [2.75, 3.05) is 0 Å². The molecule has 136 valence electrons. The monoisotopic (exact) mass is 348 g/mol. The standard InChI is InChI=1S/C15H18O.C9H10O/c1-4-7-12-10-13(8-5-2)15(16)14(11-12)9-6-3;1-2-5-8-6-3-4-7-9(8)10/h4-6,10-11,16H,1-3,7-9H2;2-4,6-7,10H,1,5H2. The molecule has 0 saturated carbocycles. The van der Waals surface area contributed by atoms with Crippen LogP contribution in [0.25, 0.3) is 0 Å². The van der Waals surface area contributed by atoms with Crippen LogP contribution in [0.2, 0.25) is 0 Å². The van der Waals surface area contributed by atoms with E-state index in [1.807, 2.05) is 36.4 Å². The lowest BCUT2D eigenvalue weighted by atomic mass is 9.98. The van der Waals surface area contributed by atoms with Gasteiger partial charge in [0.2, 0.25) is 0 Å². The molecule has 0 amide bonds. The van der Waals surface area contributed by atoms with Gasteiger partial charge in [-0.1, -0.05) is 54.6 Å². The maximum atomic E-state index is 10.0. The van der Waals surface area contributed by atoms with Crippen LogP contribution in [0.1, 0.15) is 22.3 Å². The van der Waals surface area contributed by atoms with Gasteiger partial charge in [0.05, 0.1) is 0 Å². The van der Waals surface area contributed by atoms with Crippen molar-refractivity contribution in [3.8, 4) is 11.5 Å². The van der Waals surface area contributed by atoms with Crippen LogP contribution in [-0.2, 0) is 25.7 Å². The molecule has 2 N–H and O–H groups in total. The maximum Gasteiger partial charge on any atom is 0.122 e. The maximum absolute atomic E-state index is 10.0. The van der Waals surface area contributed by atoms with Crippen molar-refractivity contribution in [2.45, 2.75) is 25.7 Å². The highest BCUT2D eigenvalue weighted by atomic mass is 16.3. The number of rotatable bonds is 8. The molecule has 2 nitrogen and oxygen atoms in total. The lowest BCUT2D eigenvalue weighted by Crippen LogP contribution is -1.93. The quantitative estimate of drug-likeness (QED) is 0.601. The number of hydrogen-bond donors (Lipinski definition) is 2. The van der Waals surface area contributed by atoms with E-state index < -0.39 is 0 Å². The van der Waals surface area contributed by atoms with E-state index in [9.17, 15) is 10.2 Å². The highest BCUT2D eigenvalue weighted by Gasteiger charge is 2.07. The Hall–Kier alpha value is -3.00. The highest BCUT2D eigenvalue weighted by molar-refractivity contribution is 5.46. The van der Waals surface area contributed by atoms with Crippen LogP contribution < -0.4 is 0 Å². The van der Waals surface area contributed by atoms with E-state index in [0.717, 1.165) is 29.5 Å². The Bertz CT molecular complexity index is 726. The fourth-order valence-corrected chi connectivity index (χ4v) is 2.58. The molecule has 2 heteroatoms. The predicted molar refractivity (Wildman–Crippen MR) is 112 cm³/mol. The Labute approximate surface area is 157 Å². The Morgan fingerprint density at radius 1 is 0.654 bits per heavy atom. The molecule has 0 aliphatic carbocycles. The minimum Gasteiger partial charge on any atom is -0.508 e. The molecule has 0 spiro atoms. The summed E-state index contributed by atoms with van der Waals surface area (Å²) < 4.78 is 0. The zero-order valence-electron chi connectivity index (χ0n) is 15.3. The molecule has 0 atom stereocenters. The normalized spacial score (nSPS) is 9.54. The van der Waals surface area contributed by atoms with E-state index >= 15 is 0 Å². The van der Waals surface area contributed by atoms with Crippen LogP contribution in [0.5, 0.6) is 11.5 Å². The summed E-state index contributed by atoms with van der Waals surface area (Å²) in [5, 5.41) is 19.2. The van der Waals surface area contributed by atoms with Crippen molar-refractivity contribution >= 4 is 0 Å². The topological polar surface area (TPSA) is 40.5 Å². The molecule has 0 aromatic heterocycles. The van der Waals surface area contributed by atoms with Crippen LogP contribution in [0.15, 0.2) is 87.0 Å². The van der Waals surface area contributed by atoms with Crippen molar-refractivity contribution in [2.24, 2.45) is 0 Å². The van der Waals surface area contributed by atoms with Crippen molar-refractivity contribution in [3.05, 3.63) is 109 Å². The smallest absolute Gasteiger partial charge is 0.122 e. The zero-order chi connectivity index (χ0) is 19.4. The van der Waals surface area contributed by atoms with E-state index in [2.05, 4.69) is 26.3 Å². The third-order valence-electron chi connectivity index (χ3n) is 3.79. The predicted octanol–water partition coefficient (Wildman–Crippen LogP) is 5.70. The van der Waals surface area contributed by atoms with Gasteiger partial charge in [-0.3, -0.25) is 0 Å². The number of para-hydroxylation sites is 1. The Morgan fingerprint density at radius 2 is 1.12 bits per heavy atom. The second-order valence-corrected chi connectivity index (χ2v) is 5.86. The van der Waals surface area contributed by atoms with Crippen molar-refractivity contribution < 1.29 is 10.2 Å². The number of benzene rings is 2. The fourth-order valence-electron chi connectivity index (χ4n) is 2.58. The molecule has 0 unspecified atom stereocenters. The summed E-state index contributed by atoms with van der Waals surface area (Å²) in [6.07, 6.45) is 10.1. The van der Waals surface area contributed by atoms with Gasteiger partial charge in [0.1, 0.15) is 11.5 Å². The molecule has 0 bridgehead atoms. The van der Waals surface area contributed by atoms with E-state index in [4.69, 9.17) is 0 Å². The van der Waals surface area contributed by atoms with Gasteiger partial charge in [-0.15, -0.1) is 26.3 Å². The van der Waals surface area contributed by atoms with Gasteiger partial charge < -0.3 is 10.2 Å². The summed E-state index contributed by atoms with van der Waals surface area (Å²) in [4.78, 5) is 0. The third-order valence-corrected chi connectivity index (χ3v) is 3.79. The molecule has 0 saturated heterocycles. The molecule has 2 rings (SSSR count). The number of hydrogen-bond acceptors (Lipinski definition) is 2. The summed E-state index contributed by atoms with van der Waals surface area (Å²) >= 11 is 0. The van der Waals surface area contributed by atoms with Crippen molar-refractivity contribution in [3.63, 3.8) is 0 Å². The first-order chi connectivity index (χ1) is 12.6. The van der Waals surface area contributed by atoms with E-state index in [0.29, 0.717) is 24.3 Å². The van der Waals surface area contributed by atoms with Crippen LogP contribution in [0.3, 0.4) is 0 Å². The van der Waals surface area contributed by atoms with Crippen LogP contribution in [0.4, 0.5) is 0 Å². The molecule has 26 heavy (non-hydrogen) atoms. The third kappa shape index (κ3) is 6.48. The summed E-state index contributed by atoms with van der Waals surface area (Å²) in [5.74, 6) is 0.718. The first-order valence-electron chi connectivity index (χ1n) is 8.61. The average molecular weight is 348 g/mol. The first kappa shape index (κ1) is 21.0. The molecular weight excluding hydrogens is 320 g/mol. The Morgan fingerprint density at radius 3 is 1.58 bits per heavy atom. The number of allylic oxidation sites excluding steroid dienone is 4. The molecule has 2 aromatic carbocycles. The Kier molecular flexibility index (Phi) is 9.34. The Balaban J connectivity index is 0.000000289. The number of aromatic hydroxyl groups is 2. The lowest BCUT2D eigenvalue weighted by molar-refractivity contribution is 0.464. The largest absolute Gasteiger partial charge is 0.508 e. The van der Waals surface area contributed by atoms with Gasteiger partial charge in [-0.2, -0.15) is 0 Å². The van der Waals surface area contributed by atoms with E-state index in [-0.39, 0.29) is 0 Å². The second-order valence-electron chi connectivity index (χ2n) is 5.86. The second kappa shape index (κ2) is 11.5. The number of phenolic OH excluding ortho intramolecular Hbond substituents is 2. The molecule has 0 aliphatic rings. The molecule has 2 aromatic rings. The van der Waals surface area contributed by atoms with Gasteiger partial charge in [0.25, 0.3) is 0 Å². The van der Waals surface area contributed by atoms with Crippen LogP contribution in [0, 0.1) is 0 Å². The first-order valence-corrected chi connectivity index (χ1v) is 8.61. The fraction of sp³-hybridized carbons (Fsp3) is 0.167. The minimum atomic E-state index is 0.349. The molecule has 0 heterocycles. The van der Waals surface area contributed by atoms with Gasteiger partial charge in [0, 0.05) is 0 Å². The average Bonchev–Trinajstić information content (AvgIpc) is 2.62. The van der Waals surface area contributed by atoms with Gasteiger partial charge >= 0.3 is 0 Å². The van der Waals surface area contributed by atoms with Crippen molar-refractivity contribution in [1.29, 1.82) is 0 Å². The highest BCUT2D eigenvalue weighted by Crippen LogP contribution is 2.26. The van der Waals surface area contributed by atoms with E-state index in [1.165, 1.54) is 5.56 Å². The lowest BCUT2D eigenvalue weighted by Gasteiger charge is -2.10. The summed E-state index contributed by atoms with van der Waals surface area (Å²) in [7, 11) is 0. The van der Waals surface area contributed by atoms with Crippen LogP contribution >= 0.6 is 0 Å². The molecule has 0 radical (unpaired) electrons. The SMILES string of the molecule is C=CCc1cc(CC=C)c(O)c(CC=C)c1.C=CCc1ccccc1O. The summed E-state index contributed by atoms with van der Waals surface area (Å²) in [6, 6.07) is 11.3. The zero-order valence-corrected chi connectivity index (χ0v) is 15.3. The summed E-state index contributed by atoms with van der Waals surface area (Å²) in [6.45, 7) is 14.7. The molecule has 0 fully saturated rings. The van der Waals surface area contributed by atoms with Gasteiger partial charge in [0.15, 0.2) is 0 Å². The minimum absolute atomic E-state index is 0.349. The van der Waals surface area contributed by atoms with Crippen molar-refractivity contribution in [1.82, 2.24) is 0 Å². The molecular formula is C24H28O2. The van der Waals surface area contributed by atoms with Gasteiger partial charge in [-0.25, -0.2) is 0 Å². The number of phenols is 2. The van der Waals surface area contributed by atoms with E-state index in [1.54, 1.807) is 24.3 Å². The summed E-state index contributed by atoms with van der Waals surface area (Å²) in [5.41, 5.74) is 3.94. The van der Waals surface area contributed by atoms with Crippen LogP contribution in [-0.4, -0.2) is 10.2 Å². The molecule has 0 aliphatic heterocycles. The van der Waals surface area contributed by atoms with Gasteiger partial charge in [-0.05, 0) is 54.0 Å².